The highest BCUT2D eigenvalue weighted by molar-refractivity contribution is 5.95. The molecule has 0 bridgehead atoms. The minimum absolute atomic E-state index is 0.155. The first-order valence-corrected chi connectivity index (χ1v) is 11.0. The number of carbonyl (C=O) groups excluding carboxylic acids is 3. The van der Waals surface area contributed by atoms with Gasteiger partial charge in [-0.15, -0.1) is 0 Å². The number of hydrogen-bond acceptors (Lipinski definition) is 7. The summed E-state index contributed by atoms with van der Waals surface area (Å²) in [5, 5.41) is 2.59. The average molecular weight is 457 g/mol. The summed E-state index contributed by atoms with van der Waals surface area (Å²) >= 11 is 0. The van der Waals surface area contributed by atoms with Crippen LogP contribution in [0, 0.1) is 5.92 Å². The van der Waals surface area contributed by atoms with Gasteiger partial charge in [0.05, 0.1) is 13.2 Å². The van der Waals surface area contributed by atoms with E-state index in [0.29, 0.717) is 5.82 Å². The molecule has 178 valence electrons. The van der Waals surface area contributed by atoms with Crippen molar-refractivity contribution in [1.82, 2.24) is 4.98 Å². The summed E-state index contributed by atoms with van der Waals surface area (Å²) in [4.78, 5) is 41.4. The number of carbonyl (C=O) groups is 3. The van der Waals surface area contributed by atoms with Crippen LogP contribution in [0.1, 0.15) is 58.1 Å². The lowest BCUT2D eigenvalue weighted by molar-refractivity contribution is -0.162. The van der Waals surface area contributed by atoms with E-state index in [-0.39, 0.29) is 25.6 Å². The summed E-state index contributed by atoms with van der Waals surface area (Å²) in [6, 6.07) is 13.0. The molecule has 1 heterocycles. The number of nitrogens with zero attached hydrogens (tertiary/aromatic N) is 1. The Kier molecular flexibility index (Phi) is 9.39. The van der Waals surface area contributed by atoms with Gasteiger partial charge in [0.15, 0.2) is 5.92 Å². The maximum atomic E-state index is 12.5. The Morgan fingerprint density at radius 3 is 2.00 bits per heavy atom. The SMILES string of the molecule is CCOC(=O)C(CC(c1ccccc1)c1ccc(NC(=O)OC(C)(C)C)nc1)C(=O)OCC. The lowest BCUT2D eigenvalue weighted by Gasteiger charge is -2.23. The summed E-state index contributed by atoms with van der Waals surface area (Å²) in [7, 11) is 0. The van der Waals surface area contributed by atoms with Gasteiger partial charge in [-0.1, -0.05) is 36.4 Å². The Hall–Kier alpha value is -3.42. The van der Waals surface area contributed by atoms with Crippen LogP contribution in [0.3, 0.4) is 0 Å². The van der Waals surface area contributed by atoms with Crippen LogP contribution in [-0.4, -0.2) is 41.8 Å². The number of anilines is 1. The Labute approximate surface area is 194 Å². The topological polar surface area (TPSA) is 104 Å². The first-order valence-electron chi connectivity index (χ1n) is 11.0. The normalized spacial score (nSPS) is 12.1. The highest BCUT2D eigenvalue weighted by Gasteiger charge is 2.33. The lowest BCUT2D eigenvalue weighted by Crippen LogP contribution is -2.30. The molecule has 0 saturated heterocycles. The predicted octanol–water partition coefficient (Wildman–Crippen LogP) is 4.69. The number of ether oxygens (including phenoxy) is 3. The zero-order chi connectivity index (χ0) is 24.4. The first kappa shape index (κ1) is 25.8. The molecule has 0 radical (unpaired) electrons. The second-order valence-electron chi connectivity index (χ2n) is 8.36. The van der Waals surface area contributed by atoms with E-state index in [0.717, 1.165) is 11.1 Å². The zero-order valence-corrected chi connectivity index (χ0v) is 19.8. The third-order valence-electron chi connectivity index (χ3n) is 4.63. The predicted molar refractivity (Wildman–Crippen MR) is 124 cm³/mol. The zero-order valence-electron chi connectivity index (χ0n) is 19.8. The standard InChI is InChI=1S/C25H32N2O6/c1-6-31-22(28)20(23(29)32-7-2)15-19(17-11-9-8-10-12-17)18-13-14-21(26-16-18)27-24(30)33-25(3,4)5/h8-14,16,19-20H,6-7,15H2,1-5H3,(H,26,27,30). The minimum Gasteiger partial charge on any atom is -0.465 e. The molecule has 1 aromatic carbocycles. The molecule has 33 heavy (non-hydrogen) atoms. The molecular weight excluding hydrogens is 424 g/mol. The van der Waals surface area contributed by atoms with E-state index < -0.39 is 29.6 Å². The molecule has 8 heteroatoms. The molecule has 1 N–H and O–H groups in total. The number of amides is 1. The largest absolute Gasteiger partial charge is 0.465 e. The average Bonchev–Trinajstić information content (AvgIpc) is 2.75. The summed E-state index contributed by atoms with van der Waals surface area (Å²) in [6.45, 7) is 9.03. The quantitative estimate of drug-likeness (QED) is 0.331. The number of esters is 2. The van der Waals surface area contributed by atoms with E-state index in [1.54, 1.807) is 52.9 Å². The molecule has 0 spiro atoms. The van der Waals surface area contributed by atoms with Crippen molar-refractivity contribution >= 4 is 23.8 Å². The number of rotatable bonds is 9. The third kappa shape index (κ3) is 8.21. The van der Waals surface area contributed by atoms with E-state index in [9.17, 15) is 14.4 Å². The number of aromatic nitrogens is 1. The van der Waals surface area contributed by atoms with Gasteiger partial charge in [-0.25, -0.2) is 9.78 Å². The highest BCUT2D eigenvalue weighted by atomic mass is 16.6. The molecule has 1 unspecified atom stereocenters. The maximum absolute atomic E-state index is 12.5. The first-order chi connectivity index (χ1) is 15.6. The van der Waals surface area contributed by atoms with E-state index >= 15 is 0 Å². The molecule has 8 nitrogen and oxygen atoms in total. The number of nitrogens with one attached hydrogen (secondary N) is 1. The van der Waals surface area contributed by atoms with Gasteiger partial charge in [0.2, 0.25) is 0 Å². The molecule has 1 atom stereocenters. The molecule has 0 aliphatic carbocycles. The van der Waals surface area contributed by atoms with Crippen molar-refractivity contribution in [2.24, 2.45) is 5.92 Å². The molecule has 2 rings (SSSR count). The molecule has 0 fully saturated rings. The molecule has 0 saturated carbocycles. The van der Waals surface area contributed by atoms with Crippen LogP contribution in [0.2, 0.25) is 0 Å². The van der Waals surface area contributed by atoms with Crippen molar-refractivity contribution in [2.45, 2.75) is 52.6 Å². The number of benzene rings is 1. The number of hydrogen-bond donors (Lipinski definition) is 1. The Balaban J connectivity index is 2.31. The van der Waals surface area contributed by atoms with Gasteiger partial charge >= 0.3 is 18.0 Å². The van der Waals surface area contributed by atoms with Crippen molar-refractivity contribution < 1.29 is 28.6 Å². The smallest absolute Gasteiger partial charge is 0.413 e. The van der Waals surface area contributed by atoms with Gasteiger partial charge in [-0.2, -0.15) is 0 Å². The van der Waals surface area contributed by atoms with Crippen LogP contribution in [0.15, 0.2) is 48.7 Å². The maximum Gasteiger partial charge on any atom is 0.413 e. The summed E-state index contributed by atoms with van der Waals surface area (Å²) in [5.41, 5.74) is 1.05. The highest BCUT2D eigenvalue weighted by Crippen LogP contribution is 2.32. The van der Waals surface area contributed by atoms with Crippen molar-refractivity contribution in [2.75, 3.05) is 18.5 Å². The molecule has 1 amide bonds. The van der Waals surface area contributed by atoms with Crippen LogP contribution in [0.4, 0.5) is 10.6 Å². The molecule has 0 aliphatic heterocycles. The second-order valence-corrected chi connectivity index (χ2v) is 8.36. The summed E-state index contributed by atoms with van der Waals surface area (Å²) in [6.07, 6.45) is 1.16. The van der Waals surface area contributed by atoms with Crippen molar-refractivity contribution in [3.63, 3.8) is 0 Å². The van der Waals surface area contributed by atoms with E-state index in [4.69, 9.17) is 14.2 Å². The molecule has 2 aromatic rings. The van der Waals surface area contributed by atoms with Crippen molar-refractivity contribution in [3.05, 3.63) is 59.8 Å². The Morgan fingerprint density at radius 1 is 0.909 bits per heavy atom. The van der Waals surface area contributed by atoms with Gasteiger partial charge in [0.25, 0.3) is 0 Å². The van der Waals surface area contributed by atoms with Gasteiger partial charge < -0.3 is 14.2 Å². The van der Waals surface area contributed by atoms with E-state index in [1.807, 2.05) is 30.3 Å². The van der Waals surface area contributed by atoms with E-state index in [2.05, 4.69) is 10.3 Å². The fourth-order valence-corrected chi connectivity index (χ4v) is 3.25. The van der Waals surface area contributed by atoms with Crippen LogP contribution >= 0.6 is 0 Å². The van der Waals surface area contributed by atoms with Crippen LogP contribution < -0.4 is 5.32 Å². The van der Waals surface area contributed by atoms with Gasteiger partial charge in [0, 0.05) is 12.1 Å². The number of pyridine rings is 1. The summed E-state index contributed by atoms with van der Waals surface area (Å²) < 4.78 is 15.5. The minimum atomic E-state index is -1.07. The Morgan fingerprint density at radius 2 is 1.52 bits per heavy atom. The van der Waals surface area contributed by atoms with Gasteiger partial charge in [-0.05, 0) is 58.2 Å². The van der Waals surface area contributed by atoms with E-state index in [1.165, 1.54) is 0 Å². The van der Waals surface area contributed by atoms with Gasteiger partial charge in [0.1, 0.15) is 11.4 Å². The monoisotopic (exact) mass is 456 g/mol. The fourth-order valence-electron chi connectivity index (χ4n) is 3.25. The second kappa shape index (κ2) is 12.0. The molecular formula is C25H32N2O6. The molecule has 0 aliphatic rings. The summed E-state index contributed by atoms with van der Waals surface area (Å²) in [5.74, 6) is -2.31. The Bertz CT molecular complexity index is 904. The molecule has 1 aromatic heterocycles. The lowest BCUT2D eigenvalue weighted by atomic mass is 9.84. The van der Waals surface area contributed by atoms with Crippen LogP contribution in [-0.2, 0) is 23.8 Å². The van der Waals surface area contributed by atoms with Crippen molar-refractivity contribution in [1.29, 1.82) is 0 Å². The third-order valence-corrected chi connectivity index (χ3v) is 4.63. The van der Waals surface area contributed by atoms with Gasteiger partial charge in [-0.3, -0.25) is 14.9 Å². The van der Waals surface area contributed by atoms with Crippen LogP contribution in [0.5, 0.6) is 0 Å². The fraction of sp³-hybridized carbons (Fsp3) is 0.440. The van der Waals surface area contributed by atoms with Crippen LogP contribution in [0.25, 0.3) is 0 Å². The van der Waals surface area contributed by atoms with Crippen molar-refractivity contribution in [3.8, 4) is 0 Å².